The van der Waals surface area contributed by atoms with E-state index in [2.05, 4.69) is 10.5 Å². The van der Waals surface area contributed by atoms with Crippen molar-refractivity contribution in [2.24, 2.45) is 0 Å². The number of carbonyl (C=O) groups is 1. The monoisotopic (exact) mass is 271 g/mol. The predicted molar refractivity (Wildman–Crippen MR) is 69.0 cm³/mol. The summed E-state index contributed by atoms with van der Waals surface area (Å²) in [6.45, 7) is 3.41. The average molecular weight is 272 g/mol. The molecule has 2 saturated heterocycles. The van der Waals surface area contributed by atoms with Crippen molar-refractivity contribution in [2.75, 3.05) is 13.1 Å². The molecule has 6 heteroatoms. The number of carbonyl (C=O) groups excluding carboxylic acids is 1. The van der Waals surface area contributed by atoms with Gasteiger partial charge in [0.1, 0.15) is 5.76 Å². The Balaban J connectivity index is 0.00000120. The third-order valence-corrected chi connectivity index (χ3v) is 3.66. The van der Waals surface area contributed by atoms with Gasteiger partial charge in [0.25, 0.3) is 5.91 Å². The van der Waals surface area contributed by atoms with Crippen LogP contribution in [0.5, 0.6) is 0 Å². The topological polar surface area (TPSA) is 58.4 Å². The fourth-order valence-corrected chi connectivity index (χ4v) is 2.76. The van der Waals surface area contributed by atoms with E-state index in [1.54, 1.807) is 13.0 Å². The molecule has 2 aliphatic heterocycles. The molecule has 5 nitrogen and oxygen atoms in total. The van der Waals surface area contributed by atoms with Crippen LogP contribution in [0, 0.1) is 6.92 Å². The molecule has 3 rings (SSSR count). The highest BCUT2D eigenvalue weighted by molar-refractivity contribution is 5.92. The number of hydrogen-bond acceptors (Lipinski definition) is 4. The van der Waals surface area contributed by atoms with Crippen LogP contribution in [-0.4, -0.2) is 41.1 Å². The molecule has 2 atom stereocenters. The van der Waals surface area contributed by atoms with Crippen molar-refractivity contribution in [1.82, 2.24) is 15.4 Å². The van der Waals surface area contributed by atoms with Crippen LogP contribution in [0.25, 0.3) is 0 Å². The van der Waals surface area contributed by atoms with E-state index in [-0.39, 0.29) is 18.3 Å². The van der Waals surface area contributed by atoms with Crippen molar-refractivity contribution in [3.8, 4) is 0 Å². The van der Waals surface area contributed by atoms with Crippen molar-refractivity contribution in [2.45, 2.75) is 38.3 Å². The molecule has 0 aliphatic carbocycles. The maximum atomic E-state index is 12.2. The van der Waals surface area contributed by atoms with Gasteiger partial charge in [0, 0.05) is 31.2 Å². The summed E-state index contributed by atoms with van der Waals surface area (Å²) in [6.07, 6.45) is 3.46. The van der Waals surface area contributed by atoms with E-state index in [4.69, 9.17) is 4.52 Å². The molecular formula is C12H18ClN3O2. The molecule has 2 bridgehead atoms. The van der Waals surface area contributed by atoms with E-state index in [1.807, 2.05) is 4.90 Å². The highest BCUT2D eigenvalue weighted by Gasteiger charge is 2.32. The molecule has 1 aromatic heterocycles. The number of nitrogens with zero attached hydrogens (tertiary/aromatic N) is 2. The fraction of sp³-hybridized carbons (Fsp3) is 0.667. The van der Waals surface area contributed by atoms with Crippen LogP contribution in [0.15, 0.2) is 10.6 Å². The summed E-state index contributed by atoms with van der Waals surface area (Å²) in [5, 5.41) is 7.35. The molecule has 100 valence electrons. The van der Waals surface area contributed by atoms with Gasteiger partial charge in [-0.25, -0.2) is 0 Å². The van der Waals surface area contributed by atoms with Crippen LogP contribution in [0.1, 0.15) is 35.5 Å². The number of aromatic nitrogens is 1. The SMILES string of the molecule is Cc1cc(C(=O)N2CCC3CCC(C2)N3)no1.Cl. The molecule has 1 amide bonds. The lowest BCUT2D eigenvalue weighted by molar-refractivity contribution is 0.0737. The first kappa shape index (κ1) is 13.4. The van der Waals surface area contributed by atoms with Crippen molar-refractivity contribution >= 4 is 18.3 Å². The van der Waals surface area contributed by atoms with Crippen LogP contribution in [0.3, 0.4) is 0 Å². The molecule has 0 spiro atoms. The first-order valence-corrected chi connectivity index (χ1v) is 6.21. The molecule has 2 fully saturated rings. The number of rotatable bonds is 1. The van der Waals surface area contributed by atoms with Gasteiger partial charge in [-0.15, -0.1) is 12.4 Å². The second-order valence-corrected chi connectivity index (χ2v) is 5.00. The van der Waals surface area contributed by atoms with Crippen LogP contribution >= 0.6 is 12.4 Å². The minimum Gasteiger partial charge on any atom is -0.361 e. The van der Waals surface area contributed by atoms with Gasteiger partial charge in [-0.2, -0.15) is 0 Å². The molecular weight excluding hydrogens is 254 g/mol. The van der Waals surface area contributed by atoms with Crippen molar-refractivity contribution in [3.63, 3.8) is 0 Å². The quantitative estimate of drug-likeness (QED) is 0.838. The van der Waals surface area contributed by atoms with Crippen LogP contribution < -0.4 is 5.32 Å². The number of halogens is 1. The summed E-state index contributed by atoms with van der Waals surface area (Å²) >= 11 is 0. The summed E-state index contributed by atoms with van der Waals surface area (Å²) in [4.78, 5) is 14.1. The molecule has 0 saturated carbocycles. The lowest BCUT2D eigenvalue weighted by atomic mass is 10.1. The van der Waals surface area contributed by atoms with Crippen molar-refractivity contribution < 1.29 is 9.32 Å². The molecule has 2 unspecified atom stereocenters. The van der Waals surface area contributed by atoms with Gasteiger partial charge in [0.2, 0.25) is 0 Å². The second-order valence-electron chi connectivity index (χ2n) is 5.00. The van der Waals surface area contributed by atoms with Crippen molar-refractivity contribution in [1.29, 1.82) is 0 Å². The molecule has 1 N–H and O–H groups in total. The number of amides is 1. The first-order valence-electron chi connectivity index (χ1n) is 6.21. The molecule has 1 aromatic rings. The zero-order valence-corrected chi connectivity index (χ0v) is 11.2. The van der Waals surface area contributed by atoms with Gasteiger partial charge in [-0.1, -0.05) is 5.16 Å². The molecule has 3 heterocycles. The van der Waals surface area contributed by atoms with E-state index in [0.29, 0.717) is 23.5 Å². The summed E-state index contributed by atoms with van der Waals surface area (Å²) in [5.74, 6) is 0.680. The largest absolute Gasteiger partial charge is 0.361 e. The predicted octanol–water partition coefficient (Wildman–Crippen LogP) is 1.37. The number of likely N-dealkylation sites (tertiary alicyclic amines) is 1. The van der Waals surface area contributed by atoms with E-state index in [0.717, 1.165) is 19.5 Å². The summed E-state index contributed by atoms with van der Waals surface area (Å²) in [5.41, 5.74) is 0.431. The molecule has 18 heavy (non-hydrogen) atoms. The molecule has 0 radical (unpaired) electrons. The minimum atomic E-state index is -0.00352. The van der Waals surface area contributed by atoms with Crippen LogP contribution in [0.4, 0.5) is 0 Å². The van der Waals surface area contributed by atoms with Gasteiger partial charge in [0.15, 0.2) is 5.69 Å². The third kappa shape index (κ3) is 2.52. The van der Waals surface area contributed by atoms with Gasteiger partial charge in [0.05, 0.1) is 0 Å². The van der Waals surface area contributed by atoms with Gasteiger partial charge >= 0.3 is 0 Å². The summed E-state index contributed by atoms with van der Waals surface area (Å²) < 4.78 is 4.96. The Hall–Kier alpha value is -1.07. The van der Waals surface area contributed by atoms with Gasteiger partial charge in [-0.3, -0.25) is 4.79 Å². The maximum absolute atomic E-state index is 12.2. The maximum Gasteiger partial charge on any atom is 0.276 e. The number of fused-ring (bicyclic) bond motifs is 2. The Bertz CT molecular complexity index is 435. The average Bonchev–Trinajstić information content (AvgIpc) is 2.84. The highest BCUT2D eigenvalue weighted by Crippen LogP contribution is 2.21. The van der Waals surface area contributed by atoms with Gasteiger partial charge < -0.3 is 14.7 Å². The van der Waals surface area contributed by atoms with E-state index in [9.17, 15) is 4.79 Å². The Morgan fingerprint density at radius 2 is 2.22 bits per heavy atom. The van der Waals surface area contributed by atoms with Gasteiger partial charge in [-0.05, 0) is 26.2 Å². The standard InChI is InChI=1S/C12H17N3O2.ClH/c1-8-6-11(14-17-8)12(16)15-5-4-9-2-3-10(7-15)13-9;/h6,9-10,13H,2-5,7H2,1H3;1H. The zero-order valence-electron chi connectivity index (χ0n) is 10.4. The van der Waals surface area contributed by atoms with E-state index >= 15 is 0 Å². The molecule has 0 aromatic carbocycles. The van der Waals surface area contributed by atoms with Crippen LogP contribution in [0.2, 0.25) is 0 Å². The Kier molecular flexibility index (Phi) is 3.92. The zero-order chi connectivity index (χ0) is 11.8. The summed E-state index contributed by atoms with van der Waals surface area (Å²) in [7, 11) is 0. The van der Waals surface area contributed by atoms with Crippen LogP contribution in [-0.2, 0) is 0 Å². The van der Waals surface area contributed by atoms with E-state index in [1.165, 1.54) is 12.8 Å². The minimum absolute atomic E-state index is 0. The number of hydrogen-bond donors (Lipinski definition) is 1. The molecule has 2 aliphatic rings. The first-order chi connectivity index (χ1) is 8.22. The lowest BCUT2D eigenvalue weighted by Gasteiger charge is -2.23. The lowest BCUT2D eigenvalue weighted by Crippen LogP contribution is -2.39. The highest BCUT2D eigenvalue weighted by atomic mass is 35.5. The number of aryl methyl sites for hydroxylation is 1. The van der Waals surface area contributed by atoms with Crippen molar-refractivity contribution in [3.05, 3.63) is 17.5 Å². The van der Waals surface area contributed by atoms with E-state index < -0.39 is 0 Å². The third-order valence-electron chi connectivity index (χ3n) is 3.66. The normalized spacial score (nSPS) is 26.6. The Morgan fingerprint density at radius 3 is 2.94 bits per heavy atom. The Morgan fingerprint density at radius 1 is 1.44 bits per heavy atom. The fourth-order valence-electron chi connectivity index (χ4n) is 2.76. The second kappa shape index (κ2) is 5.28. The Labute approximate surface area is 112 Å². The smallest absolute Gasteiger partial charge is 0.276 e. The summed E-state index contributed by atoms with van der Waals surface area (Å²) in [6, 6.07) is 2.76. The number of nitrogens with one attached hydrogen (secondary N) is 1.